The highest BCUT2D eigenvalue weighted by Crippen LogP contribution is 2.41. The van der Waals surface area contributed by atoms with Crippen LogP contribution in [0.5, 0.6) is 0 Å². The zero-order valence-electron chi connectivity index (χ0n) is 10.6. The molecule has 0 radical (unpaired) electrons. The van der Waals surface area contributed by atoms with Crippen LogP contribution in [0.2, 0.25) is 0 Å². The number of nitrogen functional groups attached to an aromatic ring is 1. The van der Waals surface area contributed by atoms with E-state index in [4.69, 9.17) is 5.73 Å². The van der Waals surface area contributed by atoms with Gasteiger partial charge in [0, 0.05) is 12.0 Å². The number of hydrogen-bond donors (Lipinski definition) is 2. The SMILES string of the molecule is Nc1ncc(S(=O)(=O)NC2CC2c2ccccc2)cn1. The molecule has 2 atom stereocenters. The largest absolute Gasteiger partial charge is 0.368 e. The minimum atomic E-state index is -3.59. The number of nitrogens with zero attached hydrogens (tertiary/aromatic N) is 2. The second-order valence-electron chi connectivity index (χ2n) is 4.76. The fourth-order valence-electron chi connectivity index (χ4n) is 2.13. The third-order valence-corrected chi connectivity index (χ3v) is 4.73. The highest BCUT2D eigenvalue weighted by atomic mass is 32.2. The van der Waals surface area contributed by atoms with Crippen LogP contribution in [-0.4, -0.2) is 24.4 Å². The summed E-state index contributed by atoms with van der Waals surface area (Å²) in [4.78, 5) is 7.43. The van der Waals surface area contributed by atoms with Gasteiger partial charge >= 0.3 is 0 Å². The summed E-state index contributed by atoms with van der Waals surface area (Å²) in [5, 5.41) is 0. The molecule has 0 bridgehead atoms. The Morgan fingerprint density at radius 2 is 1.80 bits per heavy atom. The van der Waals surface area contributed by atoms with E-state index in [1.807, 2.05) is 30.3 Å². The molecule has 0 aliphatic heterocycles. The van der Waals surface area contributed by atoms with Crippen LogP contribution in [0.25, 0.3) is 0 Å². The quantitative estimate of drug-likeness (QED) is 0.871. The van der Waals surface area contributed by atoms with Gasteiger partial charge in [-0.1, -0.05) is 30.3 Å². The molecule has 0 saturated heterocycles. The standard InChI is InChI=1S/C13H14N4O2S/c14-13-15-7-10(8-16-13)20(18,19)17-12-6-11(12)9-4-2-1-3-5-9/h1-5,7-8,11-12,17H,6H2,(H2,14,15,16). The van der Waals surface area contributed by atoms with Crippen molar-refractivity contribution in [2.75, 3.05) is 5.73 Å². The van der Waals surface area contributed by atoms with Crippen molar-refractivity contribution >= 4 is 16.0 Å². The number of hydrogen-bond acceptors (Lipinski definition) is 5. The molecular formula is C13H14N4O2S. The average molecular weight is 290 g/mol. The van der Waals surface area contributed by atoms with E-state index in [1.165, 1.54) is 12.4 Å². The van der Waals surface area contributed by atoms with Crippen LogP contribution in [0.3, 0.4) is 0 Å². The molecule has 1 aromatic carbocycles. The minimum Gasteiger partial charge on any atom is -0.368 e. The Labute approximate surface area is 117 Å². The summed E-state index contributed by atoms with van der Waals surface area (Å²) in [6.45, 7) is 0. The van der Waals surface area contributed by atoms with Gasteiger partial charge in [-0.15, -0.1) is 0 Å². The maximum atomic E-state index is 12.1. The van der Waals surface area contributed by atoms with E-state index >= 15 is 0 Å². The topological polar surface area (TPSA) is 98.0 Å². The number of sulfonamides is 1. The van der Waals surface area contributed by atoms with Gasteiger partial charge in [-0.2, -0.15) is 0 Å². The van der Waals surface area contributed by atoms with E-state index in [0.717, 1.165) is 12.0 Å². The van der Waals surface area contributed by atoms with Crippen LogP contribution < -0.4 is 10.5 Å². The van der Waals surface area contributed by atoms with Gasteiger partial charge in [0.15, 0.2) is 0 Å². The summed E-state index contributed by atoms with van der Waals surface area (Å²) in [7, 11) is -3.59. The van der Waals surface area contributed by atoms with Gasteiger partial charge < -0.3 is 5.73 Å². The second-order valence-corrected chi connectivity index (χ2v) is 6.47. The van der Waals surface area contributed by atoms with Crippen LogP contribution in [0.15, 0.2) is 47.6 Å². The van der Waals surface area contributed by atoms with Gasteiger partial charge in [-0.25, -0.2) is 23.1 Å². The van der Waals surface area contributed by atoms with E-state index in [0.29, 0.717) is 0 Å². The van der Waals surface area contributed by atoms with Crippen LogP contribution in [0.1, 0.15) is 17.9 Å². The summed E-state index contributed by atoms with van der Waals surface area (Å²) < 4.78 is 26.9. The highest BCUT2D eigenvalue weighted by molar-refractivity contribution is 7.89. The molecule has 1 aliphatic rings. The molecule has 7 heteroatoms. The fraction of sp³-hybridized carbons (Fsp3) is 0.231. The molecule has 1 aromatic heterocycles. The Balaban J connectivity index is 1.71. The maximum absolute atomic E-state index is 12.1. The third kappa shape index (κ3) is 2.63. The molecule has 6 nitrogen and oxygen atoms in total. The predicted molar refractivity (Wildman–Crippen MR) is 74.4 cm³/mol. The lowest BCUT2D eigenvalue weighted by Gasteiger charge is -2.06. The summed E-state index contributed by atoms with van der Waals surface area (Å²) >= 11 is 0. The lowest BCUT2D eigenvalue weighted by Crippen LogP contribution is -2.27. The Hall–Kier alpha value is -1.99. The Kier molecular flexibility index (Phi) is 3.15. The van der Waals surface area contributed by atoms with Crippen molar-refractivity contribution in [3.8, 4) is 0 Å². The van der Waals surface area contributed by atoms with Crippen LogP contribution in [-0.2, 0) is 10.0 Å². The van der Waals surface area contributed by atoms with E-state index in [1.54, 1.807) is 0 Å². The van der Waals surface area contributed by atoms with Gasteiger partial charge in [-0.3, -0.25) is 0 Å². The molecule has 20 heavy (non-hydrogen) atoms. The van der Waals surface area contributed by atoms with Crippen molar-refractivity contribution in [3.05, 3.63) is 48.3 Å². The van der Waals surface area contributed by atoms with Crippen LogP contribution >= 0.6 is 0 Å². The monoisotopic (exact) mass is 290 g/mol. The smallest absolute Gasteiger partial charge is 0.243 e. The van der Waals surface area contributed by atoms with Gasteiger partial charge in [0.1, 0.15) is 4.90 Å². The Morgan fingerprint density at radius 1 is 1.15 bits per heavy atom. The predicted octanol–water partition coefficient (Wildman–Crippen LogP) is 0.893. The van der Waals surface area contributed by atoms with Crippen LogP contribution in [0, 0.1) is 0 Å². The van der Waals surface area contributed by atoms with Gasteiger partial charge in [0.05, 0.1) is 12.4 Å². The lowest BCUT2D eigenvalue weighted by molar-refractivity contribution is 0.579. The summed E-state index contributed by atoms with van der Waals surface area (Å²) in [6, 6.07) is 9.79. The summed E-state index contributed by atoms with van der Waals surface area (Å²) in [5.41, 5.74) is 6.49. The zero-order chi connectivity index (χ0) is 14.2. The number of nitrogens with one attached hydrogen (secondary N) is 1. The van der Waals surface area contributed by atoms with E-state index in [2.05, 4.69) is 14.7 Å². The number of rotatable bonds is 4. The fourth-order valence-corrected chi connectivity index (χ4v) is 3.30. The second kappa shape index (κ2) is 4.84. The van der Waals surface area contributed by atoms with E-state index in [9.17, 15) is 8.42 Å². The molecule has 2 aromatic rings. The summed E-state index contributed by atoms with van der Waals surface area (Å²) in [5.74, 6) is 0.290. The first kappa shape index (κ1) is 13.0. The molecule has 1 fully saturated rings. The van der Waals surface area contributed by atoms with Crippen molar-refractivity contribution in [1.29, 1.82) is 0 Å². The van der Waals surface area contributed by atoms with Gasteiger partial charge in [0.2, 0.25) is 16.0 Å². The van der Waals surface area contributed by atoms with Crippen molar-refractivity contribution in [1.82, 2.24) is 14.7 Å². The maximum Gasteiger partial charge on any atom is 0.243 e. The molecule has 0 amide bonds. The van der Waals surface area contributed by atoms with Gasteiger partial charge in [-0.05, 0) is 12.0 Å². The number of benzene rings is 1. The Bertz CT molecular complexity index is 701. The molecule has 1 heterocycles. The normalized spacial score (nSPS) is 21.6. The first-order chi connectivity index (χ1) is 9.56. The molecule has 3 N–H and O–H groups in total. The first-order valence-electron chi connectivity index (χ1n) is 6.21. The van der Waals surface area contributed by atoms with E-state index in [-0.39, 0.29) is 22.8 Å². The molecule has 104 valence electrons. The molecule has 2 unspecified atom stereocenters. The van der Waals surface area contributed by atoms with Crippen LogP contribution in [0.4, 0.5) is 5.95 Å². The van der Waals surface area contributed by atoms with Crippen molar-refractivity contribution in [2.24, 2.45) is 0 Å². The third-order valence-electron chi connectivity index (χ3n) is 3.28. The summed E-state index contributed by atoms with van der Waals surface area (Å²) in [6.07, 6.45) is 3.23. The molecule has 1 saturated carbocycles. The average Bonchev–Trinajstić information content (AvgIpc) is 3.19. The number of anilines is 1. The zero-order valence-corrected chi connectivity index (χ0v) is 11.4. The molecule has 3 rings (SSSR count). The lowest BCUT2D eigenvalue weighted by atomic mass is 10.1. The molecule has 0 spiro atoms. The first-order valence-corrected chi connectivity index (χ1v) is 7.69. The Morgan fingerprint density at radius 3 is 2.45 bits per heavy atom. The molecule has 1 aliphatic carbocycles. The van der Waals surface area contributed by atoms with Gasteiger partial charge in [0.25, 0.3) is 0 Å². The molecular weight excluding hydrogens is 276 g/mol. The number of nitrogens with two attached hydrogens (primary N) is 1. The number of aromatic nitrogens is 2. The minimum absolute atomic E-state index is 0.0328. The van der Waals surface area contributed by atoms with E-state index < -0.39 is 10.0 Å². The van der Waals surface area contributed by atoms with Crippen molar-refractivity contribution < 1.29 is 8.42 Å². The van der Waals surface area contributed by atoms with Crippen molar-refractivity contribution in [3.63, 3.8) is 0 Å². The highest BCUT2D eigenvalue weighted by Gasteiger charge is 2.41. The van der Waals surface area contributed by atoms with Crippen molar-refractivity contribution in [2.45, 2.75) is 23.3 Å².